The summed E-state index contributed by atoms with van der Waals surface area (Å²) in [5.41, 5.74) is -0.621. The molecule has 2 aromatic carbocycles. The molecule has 0 saturated heterocycles. The van der Waals surface area contributed by atoms with E-state index in [0.29, 0.717) is 0 Å². The molecule has 0 saturated carbocycles. The van der Waals surface area contributed by atoms with E-state index in [1.165, 1.54) is 22.8 Å². The molecule has 14 heteroatoms. The molecule has 1 atom stereocenters. The van der Waals surface area contributed by atoms with Crippen LogP contribution in [0.5, 0.6) is 17.4 Å². The molecule has 0 aliphatic carbocycles. The van der Waals surface area contributed by atoms with Gasteiger partial charge in [-0.3, -0.25) is 4.57 Å². The summed E-state index contributed by atoms with van der Waals surface area (Å²) in [5.74, 6) is -1.91. The second-order valence-electron chi connectivity index (χ2n) is 7.48. The molecule has 36 heavy (non-hydrogen) atoms. The smallest absolute Gasteiger partial charge is 0.425 e. The van der Waals surface area contributed by atoms with E-state index >= 15 is 0 Å². The van der Waals surface area contributed by atoms with Crippen LogP contribution in [0.15, 0.2) is 41.5 Å². The number of halogens is 5. The van der Waals surface area contributed by atoms with Crippen molar-refractivity contribution in [2.75, 3.05) is 0 Å². The highest BCUT2D eigenvalue weighted by Crippen LogP contribution is 2.39. The van der Waals surface area contributed by atoms with Crippen molar-refractivity contribution in [1.29, 1.82) is 0 Å². The normalized spacial score (nSPS) is 12.7. The van der Waals surface area contributed by atoms with Crippen LogP contribution in [0.4, 0.5) is 17.6 Å². The minimum absolute atomic E-state index is 0.00680. The van der Waals surface area contributed by atoms with Gasteiger partial charge in [-0.05, 0) is 32.0 Å². The van der Waals surface area contributed by atoms with Gasteiger partial charge in [-0.2, -0.15) is 17.9 Å². The number of hydrogen-bond acceptors (Lipinski definition) is 7. The highest BCUT2D eigenvalue weighted by atomic mass is 35.5. The van der Waals surface area contributed by atoms with Crippen LogP contribution in [-0.4, -0.2) is 41.7 Å². The molecule has 0 bridgehead atoms. The maximum atomic E-state index is 14.3. The van der Waals surface area contributed by atoms with E-state index in [-0.39, 0.29) is 39.9 Å². The number of alkyl halides is 3. The van der Waals surface area contributed by atoms with Crippen LogP contribution in [0.25, 0.3) is 16.6 Å². The summed E-state index contributed by atoms with van der Waals surface area (Å²) < 4.78 is 67.3. The maximum Gasteiger partial charge on any atom is 0.425 e. The third-order valence-corrected chi connectivity index (χ3v) is 5.47. The van der Waals surface area contributed by atoms with Crippen molar-refractivity contribution in [2.45, 2.75) is 39.3 Å². The Morgan fingerprint density at radius 3 is 2.58 bits per heavy atom. The fourth-order valence-corrected chi connectivity index (χ4v) is 3.58. The van der Waals surface area contributed by atoms with Gasteiger partial charge >= 0.3 is 11.9 Å². The zero-order valence-corrected chi connectivity index (χ0v) is 19.5. The van der Waals surface area contributed by atoms with Gasteiger partial charge in [0.1, 0.15) is 24.1 Å². The predicted molar refractivity (Wildman–Crippen MR) is 120 cm³/mol. The minimum Gasteiger partial charge on any atom is -0.480 e. The zero-order chi connectivity index (χ0) is 26.2. The first-order valence-corrected chi connectivity index (χ1v) is 10.9. The lowest BCUT2D eigenvalue weighted by molar-refractivity contribution is -0.189. The third kappa shape index (κ3) is 4.71. The van der Waals surface area contributed by atoms with Crippen molar-refractivity contribution in [3.63, 3.8) is 0 Å². The van der Waals surface area contributed by atoms with Crippen LogP contribution in [0.2, 0.25) is 5.02 Å². The second-order valence-corrected chi connectivity index (χ2v) is 7.89. The van der Waals surface area contributed by atoms with Crippen LogP contribution in [0.1, 0.15) is 19.7 Å². The van der Waals surface area contributed by atoms with E-state index in [1.807, 2.05) is 0 Å². The average Bonchev–Trinajstić information content (AvgIpc) is 3.16. The predicted octanol–water partition coefficient (Wildman–Crippen LogP) is 4.40. The minimum atomic E-state index is -4.74. The Bertz CT molecular complexity index is 1470. The van der Waals surface area contributed by atoms with Gasteiger partial charge in [0.25, 0.3) is 0 Å². The van der Waals surface area contributed by atoms with Crippen molar-refractivity contribution in [1.82, 2.24) is 24.3 Å². The summed E-state index contributed by atoms with van der Waals surface area (Å²) in [4.78, 5) is 20.8. The maximum absolute atomic E-state index is 14.3. The Kier molecular flexibility index (Phi) is 6.87. The van der Waals surface area contributed by atoms with E-state index in [2.05, 4.69) is 15.1 Å². The van der Waals surface area contributed by atoms with Gasteiger partial charge in [-0.25, -0.2) is 19.2 Å². The van der Waals surface area contributed by atoms with Crippen molar-refractivity contribution in [3.05, 3.63) is 63.8 Å². The van der Waals surface area contributed by atoms with Crippen LogP contribution in [0.3, 0.4) is 0 Å². The Morgan fingerprint density at radius 1 is 1.22 bits per heavy atom. The molecule has 0 aliphatic rings. The van der Waals surface area contributed by atoms with E-state index in [9.17, 15) is 27.5 Å². The molecular formula is C22H18ClF4N5O4. The summed E-state index contributed by atoms with van der Waals surface area (Å²) in [6.07, 6.45) is -5.97. The number of fused-ring (bicyclic) bond motifs is 1. The standard InChI is InChI=1S/C22H18ClF4N5O4/c1-3-31-17(9-33)30-32(21(31)34)12-7-15-18(16(8-12)35-11(2)22(25,26)27)20(29-10-28-15)36-19-13(23)5-4-6-14(19)24/h4-8,10-11,33H,3,9H2,1-2H3. The highest BCUT2D eigenvalue weighted by molar-refractivity contribution is 6.32. The van der Waals surface area contributed by atoms with Crippen LogP contribution in [-0.2, 0) is 13.2 Å². The highest BCUT2D eigenvalue weighted by Gasteiger charge is 2.38. The van der Waals surface area contributed by atoms with E-state index < -0.39 is 41.9 Å². The fourth-order valence-electron chi connectivity index (χ4n) is 3.38. The lowest BCUT2D eigenvalue weighted by atomic mass is 10.2. The molecule has 0 amide bonds. The summed E-state index contributed by atoms with van der Waals surface area (Å²) in [5, 5.41) is 13.4. The van der Waals surface area contributed by atoms with Gasteiger partial charge in [-0.15, -0.1) is 5.10 Å². The number of hydrogen-bond donors (Lipinski definition) is 1. The SMILES string of the molecule is CCn1c(CO)nn(-c2cc(OC(C)C(F)(F)F)c3c(Oc4c(F)cccc4Cl)ncnc3c2)c1=O. The first-order valence-electron chi connectivity index (χ1n) is 10.5. The molecule has 2 heterocycles. The third-order valence-electron chi connectivity index (χ3n) is 5.18. The van der Waals surface area contributed by atoms with Crippen molar-refractivity contribution in [3.8, 4) is 23.1 Å². The van der Waals surface area contributed by atoms with Gasteiger partial charge in [0.05, 0.1) is 16.2 Å². The largest absolute Gasteiger partial charge is 0.480 e. The van der Waals surface area contributed by atoms with E-state index in [0.717, 1.165) is 30.1 Å². The molecule has 0 radical (unpaired) electrons. The van der Waals surface area contributed by atoms with Crippen molar-refractivity contribution >= 4 is 22.5 Å². The molecule has 4 rings (SSSR count). The first kappa shape index (κ1) is 25.4. The molecule has 0 fully saturated rings. The van der Waals surface area contributed by atoms with E-state index in [1.54, 1.807) is 6.92 Å². The molecule has 1 unspecified atom stereocenters. The van der Waals surface area contributed by atoms with Crippen LogP contribution < -0.4 is 15.2 Å². The lowest BCUT2D eigenvalue weighted by Crippen LogP contribution is -2.31. The molecular weight excluding hydrogens is 510 g/mol. The summed E-state index contributed by atoms with van der Waals surface area (Å²) >= 11 is 6.02. The average molecular weight is 528 g/mol. The Labute approximate surface area is 205 Å². The Morgan fingerprint density at radius 2 is 1.97 bits per heavy atom. The van der Waals surface area contributed by atoms with E-state index in [4.69, 9.17) is 21.1 Å². The number of ether oxygens (including phenoxy) is 2. The first-order chi connectivity index (χ1) is 17.0. The quantitative estimate of drug-likeness (QED) is 0.355. The molecule has 1 N–H and O–H groups in total. The van der Waals surface area contributed by atoms with Gasteiger partial charge < -0.3 is 14.6 Å². The molecule has 4 aromatic rings. The molecule has 190 valence electrons. The second kappa shape index (κ2) is 9.74. The Hall–Kier alpha value is -3.71. The summed E-state index contributed by atoms with van der Waals surface area (Å²) in [6.45, 7) is 2.11. The number of para-hydroxylation sites is 1. The van der Waals surface area contributed by atoms with Crippen LogP contribution in [0, 0.1) is 5.82 Å². The summed E-state index contributed by atoms with van der Waals surface area (Å²) in [7, 11) is 0. The van der Waals surface area contributed by atoms with Crippen molar-refractivity contribution in [2.24, 2.45) is 0 Å². The molecule has 9 nitrogen and oxygen atoms in total. The molecule has 0 aliphatic heterocycles. The number of nitrogens with zero attached hydrogens (tertiary/aromatic N) is 5. The topological polar surface area (TPSA) is 104 Å². The zero-order valence-electron chi connectivity index (χ0n) is 18.8. The monoisotopic (exact) mass is 527 g/mol. The lowest BCUT2D eigenvalue weighted by Gasteiger charge is -2.20. The number of aliphatic hydroxyl groups excluding tert-OH is 1. The molecule has 0 spiro atoms. The number of benzene rings is 2. The number of rotatable bonds is 7. The molecule has 2 aromatic heterocycles. The van der Waals surface area contributed by atoms with Gasteiger partial charge in [0, 0.05) is 12.6 Å². The van der Waals surface area contributed by atoms with Gasteiger partial charge in [0.15, 0.2) is 23.5 Å². The van der Waals surface area contributed by atoms with Gasteiger partial charge in [-0.1, -0.05) is 17.7 Å². The number of aromatic nitrogens is 5. The van der Waals surface area contributed by atoms with Crippen molar-refractivity contribution < 1.29 is 32.1 Å². The van der Waals surface area contributed by atoms with Gasteiger partial charge in [0.2, 0.25) is 5.88 Å². The number of aliphatic hydroxyl groups is 1. The summed E-state index contributed by atoms with van der Waals surface area (Å²) in [6, 6.07) is 6.26. The van der Waals surface area contributed by atoms with Crippen LogP contribution >= 0.6 is 11.6 Å². The fraction of sp³-hybridized carbons (Fsp3) is 0.273. The Balaban J connectivity index is 1.95.